The Labute approximate surface area is 88.7 Å². The molecule has 1 aromatic rings. The molecule has 3 nitrogen and oxygen atoms in total. The summed E-state index contributed by atoms with van der Waals surface area (Å²) in [6.45, 7) is 4.00. The summed E-state index contributed by atoms with van der Waals surface area (Å²) in [5.41, 5.74) is 6.18. The van der Waals surface area contributed by atoms with Crippen molar-refractivity contribution in [2.45, 2.75) is 19.9 Å². The molecule has 0 fully saturated rings. The van der Waals surface area contributed by atoms with Gasteiger partial charge in [0.25, 0.3) is 0 Å². The Morgan fingerprint density at radius 3 is 2.40 bits per heavy atom. The number of amides is 1. The Kier molecular flexibility index (Phi) is 3.80. The number of rotatable bonds is 3. The van der Waals surface area contributed by atoms with E-state index in [-0.39, 0.29) is 11.7 Å². The first kappa shape index (κ1) is 11.7. The summed E-state index contributed by atoms with van der Waals surface area (Å²) in [7, 11) is 0. The quantitative estimate of drug-likeness (QED) is 0.822. The van der Waals surface area contributed by atoms with Crippen molar-refractivity contribution in [2.75, 3.05) is 11.4 Å². The summed E-state index contributed by atoms with van der Waals surface area (Å²) in [6, 6.07) is 5.24. The maximum Gasteiger partial charge on any atom is 0.243 e. The predicted octanol–water partition coefficient (Wildman–Crippen LogP) is 1.53. The summed E-state index contributed by atoms with van der Waals surface area (Å²) in [6.07, 6.45) is 0. The lowest BCUT2D eigenvalue weighted by molar-refractivity contribution is -0.119. The van der Waals surface area contributed by atoms with Crippen LogP contribution in [0.4, 0.5) is 10.1 Å². The molecule has 0 saturated carbocycles. The van der Waals surface area contributed by atoms with Gasteiger partial charge in [0.2, 0.25) is 5.91 Å². The average molecular weight is 210 g/mol. The Hall–Kier alpha value is -1.42. The molecule has 0 radical (unpaired) electrons. The van der Waals surface area contributed by atoms with Crippen LogP contribution in [0.15, 0.2) is 24.3 Å². The Balaban J connectivity index is 2.92. The summed E-state index contributed by atoms with van der Waals surface area (Å²) < 4.78 is 12.7. The lowest BCUT2D eigenvalue weighted by Crippen LogP contribution is -2.42. The molecule has 0 spiro atoms. The predicted molar refractivity (Wildman–Crippen MR) is 58.1 cm³/mol. The SMILES string of the molecule is CCN(C(=O)[C@@H](C)N)c1ccc(F)cc1. The van der Waals surface area contributed by atoms with Gasteiger partial charge in [-0.3, -0.25) is 4.79 Å². The van der Waals surface area contributed by atoms with Crippen molar-refractivity contribution in [3.05, 3.63) is 30.1 Å². The molecule has 15 heavy (non-hydrogen) atoms. The molecule has 1 atom stereocenters. The van der Waals surface area contributed by atoms with Gasteiger partial charge < -0.3 is 10.6 Å². The third kappa shape index (κ3) is 2.76. The zero-order chi connectivity index (χ0) is 11.4. The molecular formula is C11H15FN2O. The van der Waals surface area contributed by atoms with Gasteiger partial charge in [-0.15, -0.1) is 0 Å². The molecule has 82 valence electrons. The zero-order valence-corrected chi connectivity index (χ0v) is 8.90. The van der Waals surface area contributed by atoms with Crippen LogP contribution in [0.5, 0.6) is 0 Å². The molecule has 0 heterocycles. The first-order valence-electron chi connectivity index (χ1n) is 4.88. The van der Waals surface area contributed by atoms with Crippen LogP contribution in [-0.2, 0) is 4.79 Å². The minimum atomic E-state index is -0.546. The first-order chi connectivity index (χ1) is 7.06. The molecule has 0 aliphatic carbocycles. The Morgan fingerprint density at radius 1 is 1.47 bits per heavy atom. The normalized spacial score (nSPS) is 12.3. The van der Waals surface area contributed by atoms with Gasteiger partial charge in [0.1, 0.15) is 5.82 Å². The van der Waals surface area contributed by atoms with E-state index in [4.69, 9.17) is 5.73 Å². The van der Waals surface area contributed by atoms with Gasteiger partial charge in [-0.25, -0.2) is 4.39 Å². The fourth-order valence-electron chi connectivity index (χ4n) is 1.33. The van der Waals surface area contributed by atoms with Gasteiger partial charge in [-0.1, -0.05) is 0 Å². The Bertz CT molecular complexity index is 335. The molecule has 1 amide bonds. The van der Waals surface area contributed by atoms with Crippen LogP contribution >= 0.6 is 0 Å². The maximum absolute atomic E-state index is 12.7. The lowest BCUT2D eigenvalue weighted by Gasteiger charge is -2.22. The summed E-state index contributed by atoms with van der Waals surface area (Å²) in [5, 5.41) is 0. The molecular weight excluding hydrogens is 195 g/mol. The van der Waals surface area contributed by atoms with Crippen molar-refractivity contribution in [3.63, 3.8) is 0 Å². The van der Waals surface area contributed by atoms with E-state index in [9.17, 15) is 9.18 Å². The number of likely N-dealkylation sites (N-methyl/N-ethyl adjacent to an activating group) is 1. The highest BCUT2D eigenvalue weighted by molar-refractivity contribution is 5.96. The average Bonchev–Trinajstić information content (AvgIpc) is 2.21. The van der Waals surface area contributed by atoms with Crippen LogP contribution in [0.25, 0.3) is 0 Å². The van der Waals surface area contributed by atoms with Gasteiger partial charge in [0.05, 0.1) is 6.04 Å². The summed E-state index contributed by atoms with van der Waals surface area (Å²) in [5.74, 6) is -0.479. The molecule has 2 N–H and O–H groups in total. The smallest absolute Gasteiger partial charge is 0.243 e. The fraction of sp³-hybridized carbons (Fsp3) is 0.364. The Morgan fingerprint density at radius 2 is 2.00 bits per heavy atom. The first-order valence-corrected chi connectivity index (χ1v) is 4.88. The van der Waals surface area contributed by atoms with Crippen LogP contribution in [0.3, 0.4) is 0 Å². The molecule has 1 rings (SSSR count). The van der Waals surface area contributed by atoms with Gasteiger partial charge in [0, 0.05) is 12.2 Å². The largest absolute Gasteiger partial charge is 0.320 e. The maximum atomic E-state index is 12.7. The van der Waals surface area contributed by atoms with E-state index in [2.05, 4.69) is 0 Å². The van der Waals surface area contributed by atoms with Crippen LogP contribution in [0, 0.1) is 5.82 Å². The topological polar surface area (TPSA) is 46.3 Å². The molecule has 0 bridgehead atoms. The highest BCUT2D eigenvalue weighted by Gasteiger charge is 2.17. The highest BCUT2D eigenvalue weighted by Crippen LogP contribution is 2.15. The second-order valence-corrected chi connectivity index (χ2v) is 3.35. The molecule has 0 saturated heterocycles. The molecule has 0 unspecified atom stereocenters. The second-order valence-electron chi connectivity index (χ2n) is 3.35. The molecule has 1 aromatic carbocycles. The summed E-state index contributed by atoms with van der Waals surface area (Å²) in [4.78, 5) is 13.2. The van der Waals surface area contributed by atoms with Crippen molar-refractivity contribution >= 4 is 11.6 Å². The standard InChI is InChI=1S/C11H15FN2O/c1-3-14(11(15)8(2)13)10-6-4-9(12)5-7-10/h4-8H,3,13H2,1-2H3/t8-/m1/s1. The number of carbonyl (C=O) groups is 1. The van der Waals surface area contributed by atoms with E-state index in [0.717, 1.165) is 0 Å². The number of benzene rings is 1. The zero-order valence-electron chi connectivity index (χ0n) is 8.90. The third-order valence-electron chi connectivity index (χ3n) is 2.11. The van der Waals surface area contributed by atoms with E-state index < -0.39 is 6.04 Å². The van der Waals surface area contributed by atoms with Crippen LogP contribution < -0.4 is 10.6 Å². The second kappa shape index (κ2) is 4.89. The number of carbonyl (C=O) groups excluding carboxylic acids is 1. The van der Waals surface area contributed by atoms with Gasteiger partial charge in [-0.05, 0) is 38.1 Å². The van der Waals surface area contributed by atoms with Crippen molar-refractivity contribution in [1.29, 1.82) is 0 Å². The number of halogens is 1. The number of nitrogens with two attached hydrogens (primary N) is 1. The van der Waals surface area contributed by atoms with E-state index in [1.165, 1.54) is 17.0 Å². The third-order valence-corrected chi connectivity index (χ3v) is 2.11. The molecule has 0 aliphatic rings. The molecule has 0 aliphatic heterocycles. The number of anilines is 1. The van der Waals surface area contributed by atoms with Gasteiger partial charge >= 0.3 is 0 Å². The van der Waals surface area contributed by atoms with Crippen molar-refractivity contribution in [3.8, 4) is 0 Å². The van der Waals surface area contributed by atoms with Crippen LogP contribution in [0.2, 0.25) is 0 Å². The lowest BCUT2D eigenvalue weighted by atomic mass is 10.2. The van der Waals surface area contributed by atoms with E-state index in [0.29, 0.717) is 12.2 Å². The van der Waals surface area contributed by atoms with Crippen LogP contribution in [-0.4, -0.2) is 18.5 Å². The molecule has 0 aromatic heterocycles. The van der Waals surface area contributed by atoms with Crippen molar-refractivity contribution in [2.24, 2.45) is 5.73 Å². The van der Waals surface area contributed by atoms with E-state index >= 15 is 0 Å². The number of nitrogens with zero attached hydrogens (tertiary/aromatic N) is 1. The molecule has 4 heteroatoms. The number of hydrogen-bond acceptors (Lipinski definition) is 2. The van der Waals surface area contributed by atoms with Gasteiger partial charge in [-0.2, -0.15) is 0 Å². The number of hydrogen-bond donors (Lipinski definition) is 1. The van der Waals surface area contributed by atoms with Gasteiger partial charge in [0.15, 0.2) is 0 Å². The van der Waals surface area contributed by atoms with E-state index in [1.54, 1.807) is 19.1 Å². The fourth-order valence-corrected chi connectivity index (χ4v) is 1.33. The monoisotopic (exact) mass is 210 g/mol. The summed E-state index contributed by atoms with van der Waals surface area (Å²) >= 11 is 0. The highest BCUT2D eigenvalue weighted by atomic mass is 19.1. The van der Waals surface area contributed by atoms with E-state index in [1.807, 2.05) is 6.92 Å². The minimum absolute atomic E-state index is 0.163. The minimum Gasteiger partial charge on any atom is -0.320 e. The van der Waals surface area contributed by atoms with Crippen molar-refractivity contribution in [1.82, 2.24) is 0 Å². The van der Waals surface area contributed by atoms with Crippen molar-refractivity contribution < 1.29 is 9.18 Å². The van der Waals surface area contributed by atoms with Crippen LogP contribution in [0.1, 0.15) is 13.8 Å².